The molecule has 1 saturated carbocycles. The van der Waals surface area contributed by atoms with Gasteiger partial charge in [-0.05, 0) is 25.0 Å². The maximum atomic E-state index is 12.7. The van der Waals surface area contributed by atoms with Gasteiger partial charge >= 0.3 is 0 Å². The van der Waals surface area contributed by atoms with Gasteiger partial charge in [-0.2, -0.15) is 5.10 Å². The first-order chi connectivity index (χ1) is 12.7. The standard InChI is InChI=1S/C19H24N4O3/c24-18-11-14(12-22(18)13-16-7-4-10-26-16)19(25)21-17-8-9-20-23(17)15-5-2-1-3-6-15/h4,7-10,14-15H,1-3,5-6,11-13H2,(H,21,25). The molecule has 7 nitrogen and oxygen atoms in total. The summed E-state index contributed by atoms with van der Waals surface area (Å²) in [6, 6.07) is 5.83. The fourth-order valence-corrected chi connectivity index (χ4v) is 3.95. The molecule has 0 bridgehead atoms. The third kappa shape index (κ3) is 3.52. The number of hydrogen-bond acceptors (Lipinski definition) is 4. The first kappa shape index (κ1) is 16.9. The number of likely N-dealkylation sites (tertiary alicyclic amines) is 1. The number of furan rings is 1. The summed E-state index contributed by atoms with van der Waals surface area (Å²) in [6.45, 7) is 0.832. The average molecular weight is 356 g/mol. The van der Waals surface area contributed by atoms with Gasteiger partial charge in [0.15, 0.2) is 0 Å². The van der Waals surface area contributed by atoms with Gasteiger partial charge in [0.05, 0.1) is 31.0 Å². The molecule has 1 unspecified atom stereocenters. The molecular formula is C19H24N4O3. The summed E-state index contributed by atoms with van der Waals surface area (Å²) in [6.07, 6.45) is 9.44. The Morgan fingerprint density at radius 3 is 2.88 bits per heavy atom. The van der Waals surface area contributed by atoms with Crippen molar-refractivity contribution in [3.63, 3.8) is 0 Å². The van der Waals surface area contributed by atoms with Crippen molar-refractivity contribution in [1.82, 2.24) is 14.7 Å². The van der Waals surface area contributed by atoms with Gasteiger partial charge in [-0.3, -0.25) is 9.59 Å². The second kappa shape index (κ2) is 7.35. The van der Waals surface area contributed by atoms with Crippen LogP contribution in [-0.4, -0.2) is 33.0 Å². The van der Waals surface area contributed by atoms with Crippen LogP contribution in [0.25, 0.3) is 0 Å². The number of aromatic nitrogens is 2. The third-order valence-electron chi connectivity index (χ3n) is 5.35. The molecule has 1 aliphatic heterocycles. The average Bonchev–Trinajstić information content (AvgIpc) is 3.39. The van der Waals surface area contributed by atoms with Crippen LogP contribution in [0.2, 0.25) is 0 Å². The van der Waals surface area contributed by atoms with E-state index < -0.39 is 0 Å². The van der Waals surface area contributed by atoms with Gasteiger partial charge in [-0.1, -0.05) is 19.3 Å². The van der Waals surface area contributed by atoms with Crippen molar-refractivity contribution in [3.05, 3.63) is 36.4 Å². The van der Waals surface area contributed by atoms with E-state index in [0.717, 1.165) is 24.4 Å². The highest BCUT2D eigenvalue weighted by molar-refractivity contribution is 5.96. The largest absolute Gasteiger partial charge is 0.467 e. The fraction of sp³-hybridized carbons (Fsp3) is 0.526. The molecule has 1 N–H and O–H groups in total. The van der Waals surface area contributed by atoms with E-state index in [0.29, 0.717) is 19.1 Å². The predicted octanol–water partition coefficient (Wildman–Crippen LogP) is 2.97. The first-order valence-corrected chi connectivity index (χ1v) is 9.35. The zero-order valence-corrected chi connectivity index (χ0v) is 14.8. The molecule has 0 aromatic carbocycles. The van der Waals surface area contributed by atoms with Gasteiger partial charge in [-0.25, -0.2) is 4.68 Å². The van der Waals surface area contributed by atoms with Crippen LogP contribution in [0.15, 0.2) is 35.1 Å². The van der Waals surface area contributed by atoms with Crippen LogP contribution in [0.5, 0.6) is 0 Å². The monoisotopic (exact) mass is 356 g/mol. The van der Waals surface area contributed by atoms with Crippen molar-refractivity contribution in [3.8, 4) is 0 Å². The minimum atomic E-state index is -0.341. The highest BCUT2D eigenvalue weighted by Gasteiger charge is 2.35. The summed E-state index contributed by atoms with van der Waals surface area (Å²) in [5.74, 6) is 1.00. The Morgan fingerprint density at radius 1 is 1.27 bits per heavy atom. The second-order valence-corrected chi connectivity index (χ2v) is 7.20. The van der Waals surface area contributed by atoms with Crippen molar-refractivity contribution < 1.29 is 14.0 Å². The Kier molecular flexibility index (Phi) is 4.77. The lowest BCUT2D eigenvalue weighted by molar-refractivity contribution is -0.128. The van der Waals surface area contributed by atoms with E-state index in [2.05, 4.69) is 10.4 Å². The van der Waals surface area contributed by atoms with E-state index in [1.807, 2.05) is 16.8 Å². The van der Waals surface area contributed by atoms with Crippen LogP contribution in [0.1, 0.15) is 50.3 Å². The van der Waals surface area contributed by atoms with Crippen molar-refractivity contribution in [2.75, 3.05) is 11.9 Å². The van der Waals surface area contributed by atoms with Crippen molar-refractivity contribution in [2.24, 2.45) is 5.92 Å². The Balaban J connectivity index is 1.38. The molecule has 2 aliphatic rings. The molecule has 2 amide bonds. The number of nitrogens with zero attached hydrogens (tertiary/aromatic N) is 3. The molecule has 0 spiro atoms. The molecule has 2 aromatic rings. The number of anilines is 1. The summed E-state index contributed by atoms with van der Waals surface area (Å²) in [5.41, 5.74) is 0. The third-order valence-corrected chi connectivity index (χ3v) is 5.35. The van der Waals surface area contributed by atoms with Crippen LogP contribution in [0.3, 0.4) is 0 Å². The summed E-state index contributed by atoms with van der Waals surface area (Å²) in [4.78, 5) is 26.6. The normalized spacial score (nSPS) is 21.3. The Morgan fingerprint density at radius 2 is 2.12 bits per heavy atom. The number of rotatable bonds is 5. The van der Waals surface area contributed by atoms with Gasteiger partial charge in [0, 0.05) is 19.0 Å². The first-order valence-electron chi connectivity index (χ1n) is 9.35. The number of amides is 2. The molecule has 138 valence electrons. The van der Waals surface area contributed by atoms with Crippen LogP contribution in [0, 0.1) is 5.92 Å². The predicted molar refractivity (Wildman–Crippen MR) is 95.2 cm³/mol. The Bertz CT molecular complexity index is 762. The zero-order valence-electron chi connectivity index (χ0n) is 14.8. The summed E-state index contributed by atoms with van der Waals surface area (Å²) in [5, 5.41) is 7.40. The highest BCUT2D eigenvalue weighted by Crippen LogP contribution is 2.30. The lowest BCUT2D eigenvalue weighted by Crippen LogP contribution is -2.29. The van der Waals surface area contributed by atoms with Gasteiger partial charge < -0.3 is 14.6 Å². The molecule has 4 rings (SSSR count). The quantitative estimate of drug-likeness (QED) is 0.893. The summed E-state index contributed by atoms with van der Waals surface area (Å²) in [7, 11) is 0. The fourth-order valence-electron chi connectivity index (χ4n) is 3.95. The van der Waals surface area contributed by atoms with E-state index in [9.17, 15) is 9.59 Å². The molecule has 2 aromatic heterocycles. The van der Waals surface area contributed by atoms with Crippen LogP contribution in [0.4, 0.5) is 5.82 Å². The molecule has 2 fully saturated rings. The molecule has 1 aliphatic carbocycles. The smallest absolute Gasteiger partial charge is 0.230 e. The molecular weight excluding hydrogens is 332 g/mol. The molecule has 3 heterocycles. The minimum Gasteiger partial charge on any atom is -0.467 e. The second-order valence-electron chi connectivity index (χ2n) is 7.20. The SMILES string of the molecule is O=C(Nc1ccnn1C1CCCCC1)C1CC(=O)N(Cc2ccco2)C1. The van der Waals surface area contributed by atoms with E-state index in [1.54, 1.807) is 23.4 Å². The topological polar surface area (TPSA) is 80.4 Å². The van der Waals surface area contributed by atoms with E-state index in [-0.39, 0.29) is 24.2 Å². The van der Waals surface area contributed by atoms with Gasteiger partial charge in [0.1, 0.15) is 11.6 Å². The lowest BCUT2D eigenvalue weighted by Gasteiger charge is -2.24. The number of carbonyl (C=O) groups is 2. The Hall–Kier alpha value is -2.57. The minimum absolute atomic E-state index is 0.0117. The summed E-state index contributed by atoms with van der Waals surface area (Å²) < 4.78 is 7.24. The van der Waals surface area contributed by atoms with Gasteiger partial charge in [-0.15, -0.1) is 0 Å². The maximum absolute atomic E-state index is 12.7. The van der Waals surface area contributed by atoms with Crippen LogP contribution >= 0.6 is 0 Å². The van der Waals surface area contributed by atoms with E-state index in [4.69, 9.17) is 4.42 Å². The summed E-state index contributed by atoms with van der Waals surface area (Å²) >= 11 is 0. The number of nitrogens with one attached hydrogen (secondary N) is 1. The number of hydrogen-bond donors (Lipinski definition) is 1. The van der Waals surface area contributed by atoms with Gasteiger partial charge in [0.2, 0.25) is 11.8 Å². The molecule has 1 saturated heterocycles. The molecule has 7 heteroatoms. The van der Waals surface area contributed by atoms with Crippen LogP contribution in [-0.2, 0) is 16.1 Å². The lowest BCUT2D eigenvalue weighted by atomic mass is 9.96. The van der Waals surface area contributed by atoms with E-state index >= 15 is 0 Å². The van der Waals surface area contributed by atoms with Crippen molar-refractivity contribution in [2.45, 2.75) is 51.1 Å². The molecule has 26 heavy (non-hydrogen) atoms. The molecule has 0 radical (unpaired) electrons. The van der Waals surface area contributed by atoms with Crippen molar-refractivity contribution in [1.29, 1.82) is 0 Å². The van der Waals surface area contributed by atoms with E-state index in [1.165, 1.54) is 19.3 Å². The Labute approximate surface area is 152 Å². The van der Waals surface area contributed by atoms with Crippen LogP contribution < -0.4 is 5.32 Å². The van der Waals surface area contributed by atoms with Gasteiger partial charge in [0.25, 0.3) is 0 Å². The molecule has 1 atom stereocenters. The highest BCUT2D eigenvalue weighted by atomic mass is 16.3. The van der Waals surface area contributed by atoms with Crippen molar-refractivity contribution >= 4 is 17.6 Å². The maximum Gasteiger partial charge on any atom is 0.230 e. The number of carbonyl (C=O) groups excluding carboxylic acids is 2. The zero-order chi connectivity index (χ0) is 17.9.